The van der Waals surface area contributed by atoms with Crippen molar-refractivity contribution in [1.29, 1.82) is 0 Å². The second-order valence-corrected chi connectivity index (χ2v) is 5.44. The number of nitrogens with zero attached hydrogens (tertiary/aromatic N) is 1. The van der Waals surface area contributed by atoms with E-state index in [1.165, 1.54) is 16.7 Å². The van der Waals surface area contributed by atoms with E-state index in [4.69, 9.17) is 10.5 Å². The lowest BCUT2D eigenvalue weighted by atomic mass is 9.96. The van der Waals surface area contributed by atoms with Gasteiger partial charge < -0.3 is 10.5 Å². The molecule has 0 amide bonds. The molecule has 2 rings (SSSR count). The second kappa shape index (κ2) is 7.04. The van der Waals surface area contributed by atoms with Crippen LogP contribution in [0.3, 0.4) is 0 Å². The molecule has 1 aliphatic heterocycles. The number of ether oxygens (including phenoxy) is 1. The van der Waals surface area contributed by atoms with Crippen molar-refractivity contribution < 1.29 is 4.74 Å². The van der Waals surface area contributed by atoms with E-state index in [1.807, 2.05) is 0 Å². The molecule has 0 saturated carbocycles. The Labute approximate surface area is 116 Å². The summed E-state index contributed by atoms with van der Waals surface area (Å²) >= 11 is 0. The molecule has 1 atom stereocenters. The van der Waals surface area contributed by atoms with E-state index in [9.17, 15) is 0 Å². The molecule has 2 N–H and O–H groups in total. The van der Waals surface area contributed by atoms with Crippen LogP contribution in [-0.2, 0) is 4.74 Å². The molecular weight excluding hydrogens is 236 g/mol. The molecule has 1 fully saturated rings. The van der Waals surface area contributed by atoms with Gasteiger partial charge in [-0.25, -0.2) is 0 Å². The Hall–Kier alpha value is -0.900. The molecule has 0 spiro atoms. The highest BCUT2D eigenvalue weighted by Crippen LogP contribution is 2.27. The average Bonchev–Trinajstić information content (AvgIpc) is 2.44. The molecule has 1 aromatic carbocycles. The first-order valence-corrected chi connectivity index (χ1v) is 7.31. The molecule has 3 nitrogen and oxygen atoms in total. The predicted octanol–water partition coefficient (Wildman–Crippen LogP) is 2.42. The van der Waals surface area contributed by atoms with Crippen LogP contribution in [0.2, 0.25) is 0 Å². The first-order chi connectivity index (χ1) is 9.22. The minimum absolute atomic E-state index is 0.492. The maximum absolute atomic E-state index is 5.70. The van der Waals surface area contributed by atoms with Crippen molar-refractivity contribution in [3.63, 3.8) is 0 Å². The van der Waals surface area contributed by atoms with Crippen molar-refractivity contribution in [2.75, 3.05) is 32.8 Å². The van der Waals surface area contributed by atoms with Gasteiger partial charge in [0, 0.05) is 19.1 Å². The first-order valence-electron chi connectivity index (χ1n) is 7.31. The van der Waals surface area contributed by atoms with Gasteiger partial charge >= 0.3 is 0 Å². The highest BCUT2D eigenvalue weighted by Gasteiger charge is 2.22. The van der Waals surface area contributed by atoms with E-state index in [0.29, 0.717) is 6.04 Å². The summed E-state index contributed by atoms with van der Waals surface area (Å²) in [5.41, 5.74) is 9.87. The van der Waals surface area contributed by atoms with Gasteiger partial charge in [-0.1, -0.05) is 18.2 Å². The van der Waals surface area contributed by atoms with Crippen LogP contribution in [0.15, 0.2) is 18.2 Å². The molecule has 106 valence electrons. The number of aryl methyl sites for hydroxylation is 2. The zero-order valence-corrected chi connectivity index (χ0v) is 12.2. The zero-order valence-electron chi connectivity index (χ0n) is 12.2. The second-order valence-electron chi connectivity index (χ2n) is 5.44. The molecular formula is C16H26N2O. The van der Waals surface area contributed by atoms with Gasteiger partial charge in [-0.05, 0) is 49.9 Å². The summed E-state index contributed by atoms with van der Waals surface area (Å²) in [6, 6.07) is 7.35. The zero-order chi connectivity index (χ0) is 13.7. The number of hydrogen-bond donors (Lipinski definition) is 1. The van der Waals surface area contributed by atoms with Crippen molar-refractivity contribution in [2.45, 2.75) is 32.7 Å². The quantitative estimate of drug-likeness (QED) is 0.885. The molecule has 3 heteroatoms. The van der Waals surface area contributed by atoms with Crippen molar-refractivity contribution in [3.05, 3.63) is 34.9 Å². The van der Waals surface area contributed by atoms with E-state index >= 15 is 0 Å². The van der Waals surface area contributed by atoms with E-state index in [0.717, 1.165) is 45.7 Å². The largest absolute Gasteiger partial charge is 0.379 e. The summed E-state index contributed by atoms with van der Waals surface area (Å²) in [6.45, 7) is 8.89. The normalized spacial score (nSPS) is 18.5. The topological polar surface area (TPSA) is 38.5 Å². The maximum atomic E-state index is 5.70. The Morgan fingerprint density at radius 3 is 2.58 bits per heavy atom. The molecule has 0 aliphatic carbocycles. The smallest absolute Gasteiger partial charge is 0.0594 e. The van der Waals surface area contributed by atoms with Crippen LogP contribution in [0.1, 0.15) is 35.6 Å². The van der Waals surface area contributed by atoms with Crippen LogP contribution < -0.4 is 5.73 Å². The van der Waals surface area contributed by atoms with Gasteiger partial charge in [-0.15, -0.1) is 0 Å². The fraction of sp³-hybridized carbons (Fsp3) is 0.625. The lowest BCUT2D eigenvalue weighted by molar-refractivity contribution is 0.0139. The van der Waals surface area contributed by atoms with Crippen molar-refractivity contribution in [2.24, 2.45) is 5.73 Å². The predicted molar refractivity (Wildman–Crippen MR) is 79.3 cm³/mol. The van der Waals surface area contributed by atoms with Gasteiger partial charge in [-0.2, -0.15) is 0 Å². The Morgan fingerprint density at radius 1 is 1.21 bits per heavy atom. The Bertz CT molecular complexity index is 400. The third-order valence-electron chi connectivity index (χ3n) is 4.08. The van der Waals surface area contributed by atoms with Crippen LogP contribution >= 0.6 is 0 Å². The van der Waals surface area contributed by atoms with Crippen LogP contribution in [0.4, 0.5) is 0 Å². The van der Waals surface area contributed by atoms with Crippen LogP contribution in [-0.4, -0.2) is 37.7 Å². The Balaban J connectivity index is 2.17. The van der Waals surface area contributed by atoms with Crippen LogP contribution in [0, 0.1) is 13.8 Å². The van der Waals surface area contributed by atoms with E-state index in [2.05, 4.69) is 36.9 Å². The minimum Gasteiger partial charge on any atom is -0.379 e. The van der Waals surface area contributed by atoms with Crippen molar-refractivity contribution in [3.8, 4) is 0 Å². The van der Waals surface area contributed by atoms with Crippen LogP contribution in [0.5, 0.6) is 0 Å². The molecule has 1 aromatic rings. The lowest BCUT2D eigenvalue weighted by Gasteiger charge is -2.35. The van der Waals surface area contributed by atoms with Crippen molar-refractivity contribution >= 4 is 0 Å². The van der Waals surface area contributed by atoms with E-state index in [-0.39, 0.29) is 0 Å². The Morgan fingerprint density at radius 2 is 1.95 bits per heavy atom. The lowest BCUT2D eigenvalue weighted by Crippen LogP contribution is -2.39. The fourth-order valence-corrected chi connectivity index (χ4v) is 2.73. The van der Waals surface area contributed by atoms with Crippen molar-refractivity contribution in [1.82, 2.24) is 4.90 Å². The van der Waals surface area contributed by atoms with Gasteiger partial charge in [0.05, 0.1) is 13.2 Å². The van der Waals surface area contributed by atoms with E-state index < -0.39 is 0 Å². The van der Waals surface area contributed by atoms with Gasteiger partial charge in [-0.3, -0.25) is 4.90 Å². The summed E-state index contributed by atoms with van der Waals surface area (Å²) in [5, 5.41) is 0. The number of benzene rings is 1. The van der Waals surface area contributed by atoms with Gasteiger partial charge in [0.1, 0.15) is 0 Å². The minimum atomic E-state index is 0.492. The first kappa shape index (κ1) is 14.5. The van der Waals surface area contributed by atoms with Gasteiger partial charge in [0.15, 0.2) is 0 Å². The Kier molecular flexibility index (Phi) is 5.37. The van der Waals surface area contributed by atoms with Crippen LogP contribution in [0.25, 0.3) is 0 Å². The molecule has 0 aromatic heterocycles. The third-order valence-corrected chi connectivity index (χ3v) is 4.08. The number of nitrogens with two attached hydrogens (primary N) is 1. The van der Waals surface area contributed by atoms with Gasteiger partial charge in [0.25, 0.3) is 0 Å². The molecule has 19 heavy (non-hydrogen) atoms. The molecule has 1 unspecified atom stereocenters. The molecule has 0 bridgehead atoms. The van der Waals surface area contributed by atoms with E-state index in [1.54, 1.807) is 0 Å². The summed E-state index contributed by atoms with van der Waals surface area (Å²) in [7, 11) is 0. The van der Waals surface area contributed by atoms with Gasteiger partial charge in [0.2, 0.25) is 0 Å². The standard InChI is InChI=1S/C16H26N2O/c1-13-5-6-15(12-14(13)2)16(4-3-7-17)18-8-10-19-11-9-18/h5-6,12,16H,3-4,7-11,17H2,1-2H3. The number of rotatable bonds is 5. The highest BCUT2D eigenvalue weighted by molar-refractivity contribution is 5.31. The maximum Gasteiger partial charge on any atom is 0.0594 e. The highest BCUT2D eigenvalue weighted by atomic mass is 16.5. The number of morpholine rings is 1. The fourth-order valence-electron chi connectivity index (χ4n) is 2.73. The number of hydrogen-bond acceptors (Lipinski definition) is 3. The third kappa shape index (κ3) is 3.78. The molecule has 1 heterocycles. The average molecular weight is 262 g/mol. The molecule has 1 saturated heterocycles. The summed E-state index contributed by atoms with van der Waals surface area (Å²) in [4.78, 5) is 2.54. The molecule has 1 aliphatic rings. The summed E-state index contributed by atoms with van der Waals surface area (Å²) < 4.78 is 5.47. The summed E-state index contributed by atoms with van der Waals surface area (Å²) in [5.74, 6) is 0. The monoisotopic (exact) mass is 262 g/mol. The summed E-state index contributed by atoms with van der Waals surface area (Å²) in [6.07, 6.45) is 2.22. The molecule has 0 radical (unpaired) electrons. The SMILES string of the molecule is Cc1ccc(C(CCCN)N2CCOCC2)cc1C.